The molecule has 0 saturated carbocycles. The Bertz CT molecular complexity index is 644. The summed E-state index contributed by atoms with van der Waals surface area (Å²) >= 11 is 4.16. The summed E-state index contributed by atoms with van der Waals surface area (Å²) in [5, 5.41) is -0.473. The lowest BCUT2D eigenvalue weighted by atomic mass is 10.2. The maximum absolute atomic E-state index is 12.3. The molecule has 5 nitrogen and oxygen atoms in total. The van der Waals surface area contributed by atoms with Gasteiger partial charge in [-0.25, -0.2) is 4.79 Å². The molecule has 7 heteroatoms. The monoisotopic (exact) mass is 369 g/mol. The van der Waals surface area contributed by atoms with E-state index in [0.717, 1.165) is 26.7 Å². The van der Waals surface area contributed by atoms with Gasteiger partial charge in [0.2, 0.25) is 0 Å². The number of carbonyl (C=O) groups excluding carboxylic acids is 3. The van der Waals surface area contributed by atoms with Gasteiger partial charge < -0.3 is 4.74 Å². The van der Waals surface area contributed by atoms with Crippen LogP contribution in [-0.4, -0.2) is 35.2 Å². The van der Waals surface area contributed by atoms with Crippen LogP contribution in [0.3, 0.4) is 0 Å². The topological polar surface area (TPSA) is 63.7 Å². The summed E-state index contributed by atoms with van der Waals surface area (Å²) in [6, 6.07) is 6.41. The molecule has 2 rings (SSSR count). The first kappa shape index (κ1) is 15.8. The zero-order valence-corrected chi connectivity index (χ0v) is 13.7. The molecule has 21 heavy (non-hydrogen) atoms. The van der Waals surface area contributed by atoms with E-state index in [4.69, 9.17) is 0 Å². The van der Waals surface area contributed by atoms with E-state index in [1.165, 1.54) is 14.0 Å². The molecule has 1 fully saturated rings. The van der Waals surface area contributed by atoms with Gasteiger partial charge in [-0.15, -0.1) is 0 Å². The standard InChI is InChI=1S/C14H12BrNO4S/c1-8(13(18)20-2)16-12(17)11(21-14(16)19)7-9-4-3-5-10(15)6-9/h3-8H,1-2H3/b11-7-/t8-/m1/s1. The molecule has 0 N–H and O–H groups in total. The average molecular weight is 370 g/mol. The van der Waals surface area contributed by atoms with Gasteiger partial charge in [-0.05, 0) is 42.5 Å². The van der Waals surface area contributed by atoms with Crippen molar-refractivity contribution in [2.24, 2.45) is 0 Å². The fourth-order valence-electron chi connectivity index (χ4n) is 1.84. The first-order chi connectivity index (χ1) is 9.93. The van der Waals surface area contributed by atoms with E-state index in [2.05, 4.69) is 20.7 Å². The zero-order valence-electron chi connectivity index (χ0n) is 11.3. The van der Waals surface area contributed by atoms with Gasteiger partial charge in [-0.1, -0.05) is 28.1 Å². The van der Waals surface area contributed by atoms with E-state index in [0.29, 0.717) is 0 Å². The van der Waals surface area contributed by atoms with E-state index < -0.39 is 23.2 Å². The van der Waals surface area contributed by atoms with E-state index in [1.54, 1.807) is 6.08 Å². The minimum atomic E-state index is -0.934. The number of carbonyl (C=O) groups is 3. The molecule has 0 bridgehead atoms. The second-order valence-corrected chi connectivity index (χ2v) is 6.21. The summed E-state index contributed by atoms with van der Waals surface area (Å²) in [5.74, 6) is -1.11. The van der Waals surface area contributed by atoms with Gasteiger partial charge in [0.05, 0.1) is 12.0 Å². The highest BCUT2D eigenvalue weighted by molar-refractivity contribution is 9.10. The van der Waals surface area contributed by atoms with Crippen molar-refractivity contribution in [3.05, 3.63) is 39.2 Å². The molecule has 1 aromatic rings. The number of hydrogen-bond donors (Lipinski definition) is 0. The molecular weight excluding hydrogens is 358 g/mol. The fourth-order valence-corrected chi connectivity index (χ4v) is 3.16. The lowest BCUT2D eigenvalue weighted by molar-refractivity contribution is -0.148. The third-order valence-electron chi connectivity index (χ3n) is 2.90. The summed E-state index contributed by atoms with van der Waals surface area (Å²) in [5.41, 5.74) is 0.792. The summed E-state index contributed by atoms with van der Waals surface area (Å²) in [7, 11) is 1.22. The third-order valence-corrected chi connectivity index (χ3v) is 4.28. The number of nitrogens with zero attached hydrogens (tertiary/aromatic N) is 1. The second kappa shape index (κ2) is 6.44. The van der Waals surface area contributed by atoms with Gasteiger partial charge in [0, 0.05) is 4.47 Å². The van der Waals surface area contributed by atoms with E-state index in [-0.39, 0.29) is 4.91 Å². The predicted octanol–water partition coefficient (Wildman–Crippen LogP) is 3.05. The molecule has 1 aliphatic rings. The Morgan fingerprint density at radius 3 is 2.76 bits per heavy atom. The van der Waals surface area contributed by atoms with Crippen molar-refractivity contribution in [1.29, 1.82) is 0 Å². The number of ether oxygens (including phenoxy) is 1. The molecule has 1 aliphatic heterocycles. The Balaban J connectivity index is 2.28. The molecule has 0 unspecified atom stereocenters. The van der Waals surface area contributed by atoms with Gasteiger partial charge >= 0.3 is 5.97 Å². The van der Waals surface area contributed by atoms with Gasteiger partial charge in [-0.2, -0.15) is 0 Å². The number of imide groups is 1. The fraction of sp³-hybridized carbons (Fsp3) is 0.214. The zero-order chi connectivity index (χ0) is 15.6. The van der Waals surface area contributed by atoms with Crippen LogP contribution in [0.15, 0.2) is 33.6 Å². The molecular formula is C14H12BrNO4S. The van der Waals surface area contributed by atoms with Crippen molar-refractivity contribution in [2.75, 3.05) is 7.11 Å². The highest BCUT2D eigenvalue weighted by atomic mass is 79.9. The van der Waals surface area contributed by atoms with Crippen molar-refractivity contribution in [3.63, 3.8) is 0 Å². The first-order valence-electron chi connectivity index (χ1n) is 6.04. The number of halogens is 1. The van der Waals surface area contributed by atoms with Crippen LogP contribution in [0.1, 0.15) is 12.5 Å². The van der Waals surface area contributed by atoms with Crippen LogP contribution in [0.4, 0.5) is 4.79 Å². The van der Waals surface area contributed by atoms with Gasteiger partial charge in [0.15, 0.2) is 0 Å². The quantitative estimate of drug-likeness (QED) is 0.605. The average Bonchev–Trinajstić information content (AvgIpc) is 2.72. The van der Waals surface area contributed by atoms with Crippen LogP contribution in [0.5, 0.6) is 0 Å². The van der Waals surface area contributed by atoms with Crippen molar-refractivity contribution in [2.45, 2.75) is 13.0 Å². The molecule has 110 valence electrons. The molecule has 2 amide bonds. The minimum absolute atomic E-state index is 0.286. The van der Waals surface area contributed by atoms with E-state index in [1.807, 2.05) is 24.3 Å². The molecule has 1 atom stereocenters. The third kappa shape index (κ3) is 3.36. The van der Waals surface area contributed by atoms with E-state index >= 15 is 0 Å². The van der Waals surface area contributed by atoms with Crippen molar-refractivity contribution in [3.8, 4) is 0 Å². The van der Waals surface area contributed by atoms with Crippen LogP contribution in [0.2, 0.25) is 0 Å². The number of hydrogen-bond acceptors (Lipinski definition) is 5. The molecule has 0 radical (unpaired) electrons. The van der Waals surface area contributed by atoms with Gasteiger partial charge in [0.1, 0.15) is 6.04 Å². The van der Waals surface area contributed by atoms with Crippen LogP contribution in [-0.2, 0) is 14.3 Å². The Labute approximate surface area is 134 Å². The number of benzene rings is 1. The van der Waals surface area contributed by atoms with Crippen LogP contribution in [0.25, 0.3) is 6.08 Å². The number of rotatable bonds is 3. The minimum Gasteiger partial charge on any atom is -0.467 e. The summed E-state index contributed by atoms with van der Waals surface area (Å²) < 4.78 is 5.44. The maximum atomic E-state index is 12.3. The summed E-state index contributed by atoms with van der Waals surface area (Å²) in [6.45, 7) is 1.46. The first-order valence-corrected chi connectivity index (χ1v) is 7.65. The van der Waals surface area contributed by atoms with Crippen molar-refractivity contribution in [1.82, 2.24) is 4.90 Å². The molecule has 0 aromatic heterocycles. The number of amides is 2. The van der Waals surface area contributed by atoms with Crippen LogP contribution < -0.4 is 0 Å². The van der Waals surface area contributed by atoms with Crippen LogP contribution >= 0.6 is 27.7 Å². The van der Waals surface area contributed by atoms with Crippen molar-refractivity contribution < 1.29 is 19.1 Å². The maximum Gasteiger partial charge on any atom is 0.328 e. The smallest absolute Gasteiger partial charge is 0.328 e. The Morgan fingerprint density at radius 1 is 1.43 bits per heavy atom. The number of thioether (sulfide) groups is 1. The van der Waals surface area contributed by atoms with E-state index in [9.17, 15) is 14.4 Å². The predicted molar refractivity (Wildman–Crippen MR) is 83.4 cm³/mol. The Morgan fingerprint density at radius 2 is 2.14 bits per heavy atom. The SMILES string of the molecule is COC(=O)[C@@H](C)N1C(=O)S/C(=C\c2cccc(Br)c2)C1=O. The normalized spacial score (nSPS) is 18.2. The highest BCUT2D eigenvalue weighted by Gasteiger charge is 2.41. The second-order valence-electron chi connectivity index (χ2n) is 4.31. The molecule has 1 heterocycles. The lowest BCUT2D eigenvalue weighted by Crippen LogP contribution is -2.42. The van der Waals surface area contributed by atoms with Gasteiger partial charge in [0.25, 0.3) is 11.1 Å². The number of methoxy groups -OCH3 is 1. The molecule has 1 aromatic carbocycles. The van der Waals surface area contributed by atoms with Crippen LogP contribution in [0, 0.1) is 0 Å². The Kier molecular flexibility index (Phi) is 4.84. The summed E-state index contributed by atoms with van der Waals surface area (Å²) in [6.07, 6.45) is 1.62. The number of esters is 1. The van der Waals surface area contributed by atoms with Gasteiger partial charge in [-0.3, -0.25) is 14.5 Å². The molecule has 1 saturated heterocycles. The largest absolute Gasteiger partial charge is 0.467 e. The highest BCUT2D eigenvalue weighted by Crippen LogP contribution is 2.34. The summed E-state index contributed by atoms with van der Waals surface area (Å²) in [4.78, 5) is 36.9. The molecule has 0 aliphatic carbocycles. The molecule has 0 spiro atoms. The van der Waals surface area contributed by atoms with Crippen molar-refractivity contribution >= 4 is 50.9 Å². The lowest BCUT2D eigenvalue weighted by Gasteiger charge is -2.18. The Hall–Kier alpha value is -1.60.